The number of thiophene rings is 1. The van der Waals surface area contributed by atoms with Crippen molar-refractivity contribution in [1.82, 2.24) is 9.97 Å². The minimum Gasteiger partial charge on any atom is -0.462 e. The summed E-state index contributed by atoms with van der Waals surface area (Å²) in [5.41, 5.74) is 2.89. The van der Waals surface area contributed by atoms with Crippen LogP contribution in [0.1, 0.15) is 27.7 Å². The summed E-state index contributed by atoms with van der Waals surface area (Å²) < 4.78 is 6.15. The molecule has 0 aliphatic heterocycles. The molecule has 3 rings (SSSR count). The fourth-order valence-electron chi connectivity index (χ4n) is 2.45. The summed E-state index contributed by atoms with van der Waals surface area (Å²) in [6.07, 6.45) is 1.50. The highest BCUT2D eigenvalue weighted by Crippen LogP contribution is 2.35. The molecule has 1 N–H and O–H groups in total. The van der Waals surface area contributed by atoms with E-state index in [0.717, 1.165) is 31.5 Å². The zero-order valence-electron chi connectivity index (χ0n) is 13.5. The fourth-order valence-corrected chi connectivity index (χ4v) is 3.97. The highest BCUT2D eigenvalue weighted by Gasteiger charge is 2.20. The Morgan fingerprint density at radius 3 is 2.83 bits per heavy atom. The number of rotatable bonds is 4. The van der Waals surface area contributed by atoms with E-state index in [1.807, 2.05) is 32.0 Å². The van der Waals surface area contributed by atoms with Gasteiger partial charge in [-0.1, -0.05) is 15.9 Å². The summed E-state index contributed by atoms with van der Waals surface area (Å²) >= 11 is 4.79. The highest BCUT2D eigenvalue weighted by molar-refractivity contribution is 9.10. The number of carbonyl (C=O) groups excluding carboxylic acids is 1. The molecule has 5 nitrogen and oxygen atoms in total. The Bertz CT molecular complexity index is 924. The van der Waals surface area contributed by atoms with E-state index in [0.29, 0.717) is 17.3 Å². The normalized spacial score (nSPS) is 10.8. The standard InChI is InChI=1S/C17H16BrN3O2S/c1-4-23-17(22)14-10(3)13-15(19-8-20-16(13)24-14)21-12-6-5-11(18)7-9(12)2/h5-8H,4H2,1-3H3,(H,19,20,21). The van der Waals surface area contributed by atoms with Crippen LogP contribution in [0, 0.1) is 13.8 Å². The second kappa shape index (κ2) is 6.86. The Hall–Kier alpha value is -1.99. The summed E-state index contributed by atoms with van der Waals surface area (Å²) in [5.74, 6) is 0.374. The van der Waals surface area contributed by atoms with Gasteiger partial charge in [0, 0.05) is 10.2 Å². The molecule has 0 unspecified atom stereocenters. The zero-order valence-corrected chi connectivity index (χ0v) is 15.9. The van der Waals surface area contributed by atoms with E-state index in [4.69, 9.17) is 4.74 Å². The molecule has 2 heterocycles. The Labute approximate surface area is 152 Å². The number of ether oxygens (including phenoxy) is 1. The molecule has 0 bridgehead atoms. The molecule has 0 spiro atoms. The van der Waals surface area contributed by atoms with Crippen molar-refractivity contribution in [2.45, 2.75) is 20.8 Å². The van der Waals surface area contributed by atoms with Gasteiger partial charge in [-0.05, 0) is 50.1 Å². The van der Waals surface area contributed by atoms with Crippen LogP contribution in [0.5, 0.6) is 0 Å². The van der Waals surface area contributed by atoms with Gasteiger partial charge < -0.3 is 10.1 Å². The topological polar surface area (TPSA) is 64.1 Å². The predicted octanol–water partition coefficient (Wildman–Crippen LogP) is 4.99. The van der Waals surface area contributed by atoms with Crippen LogP contribution in [0.2, 0.25) is 0 Å². The first-order valence-electron chi connectivity index (χ1n) is 7.45. The molecule has 0 atom stereocenters. The van der Waals surface area contributed by atoms with Crippen molar-refractivity contribution in [1.29, 1.82) is 0 Å². The number of aromatic nitrogens is 2. The monoisotopic (exact) mass is 405 g/mol. The van der Waals surface area contributed by atoms with E-state index in [1.165, 1.54) is 17.7 Å². The fraction of sp³-hybridized carbons (Fsp3) is 0.235. The minimum absolute atomic E-state index is 0.316. The molecule has 7 heteroatoms. The van der Waals surface area contributed by atoms with Crippen molar-refractivity contribution in [3.8, 4) is 0 Å². The molecular weight excluding hydrogens is 390 g/mol. The molecule has 2 aromatic heterocycles. The maximum Gasteiger partial charge on any atom is 0.348 e. The lowest BCUT2D eigenvalue weighted by Gasteiger charge is -2.10. The summed E-state index contributed by atoms with van der Waals surface area (Å²) in [5, 5.41) is 4.20. The Morgan fingerprint density at radius 1 is 1.33 bits per heavy atom. The van der Waals surface area contributed by atoms with E-state index in [9.17, 15) is 4.79 Å². The maximum absolute atomic E-state index is 12.1. The molecule has 0 aliphatic rings. The van der Waals surface area contributed by atoms with Crippen LogP contribution in [0.4, 0.5) is 11.5 Å². The van der Waals surface area contributed by atoms with Gasteiger partial charge in [0.15, 0.2) is 0 Å². The first-order valence-corrected chi connectivity index (χ1v) is 9.06. The number of halogens is 1. The molecule has 0 amide bonds. The van der Waals surface area contributed by atoms with Crippen molar-refractivity contribution < 1.29 is 9.53 Å². The van der Waals surface area contributed by atoms with Gasteiger partial charge >= 0.3 is 5.97 Å². The second-order valence-electron chi connectivity index (χ2n) is 5.26. The summed E-state index contributed by atoms with van der Waals surface area (Å²) in [6.45, 7) is 6.06. The molecule has 3 aromatic rings. The summed E-state index contributed by atoms with van der Waals surface area (Å²) in [4.78, 5) is 22.1. The SMILES string of the molecule is CCOC(=O)c1sc2ncnc(Nc3ccc(Br)cc3C)c2c1C. The van der Waals surface area contributed by atoms with Gasteiger partial charge in [-0.3, -0.25) is 0 Å². The number of fused-ring (bicyclic) bond motifs is 1. The average molecular weight is 406 g/mol. The predicted molar refractivity (Wildman–Crippen MR) is 100 cm³/mol. The van der Waals surface area contributed by atoms with Gasteiger partial charge in [0.25, 0.3) is 0 Å². The van der Waals surface area contributed by atoms with Crippen molar-refractivity contribution in [2.75, 3.05) is 11.9 Å². The smallest absolute Gasteiger partial charge is 0.348 e. The lowest BCUT2D eigenvalue weighted by Crippen LogP contribution is -2.03. The molecule has 0 aliphatic carbocycles. The third-order valence-electron chi connectivity index (χ3n) is 3.63. The zero-order chi connectivity index (χ0) is 17.3. The summed E-state index contributed by atoms with van der Waals surface area (Å²) in [6, 6.07) is 5.99. The van der Waals surface area contributed by atoms with E-state index in [1.54, 1.807) is 6.92 Å². The quantitative estimate of drug-likeness (QED) is 0.619. The van der Waals surface area contributed by atoms with Crippen molar-refractivity contribution in [3.63, 3.8) is 0 Å². The average Bonchev–Trinajstić information content (AvgIpc) is 2.88. The molecule has 1 aromatic carbocycles. The van der Waals surface area contributed by atoms with Crippen molar-refractivity contribution >= 4 is 55.0 Å². The minimum atomic E-state index is -0.316. The molecular formula is C17H16BrN3O2S. The number of nitrogens with one attached hydrogen (secondary N) is 1. The third-order valence-corrected chi connectivity index (χ3v) is 5.30. The van der Waals surface area contributed by atoms with E-state index >= 15 is 0 Å². The summed E-state index contributed by atoms with van der Waals surface area (Å²) in [7, 11) is 0. The number of esters is 1. The first-order chi connectivity index (χ1) is 11.5. The number of hydrogen-bond donors (Lipinski definition) is 1. The molecule has 0 saturated heterocycles. The molecule has 0 saturated carbocycles. The van der Waals surface area contributed by atoms with Gasteiger partial charge in [-0.2, -0.15) is 0 Å². The highest BCUT2D eigenvalue weighted by atomic mass is 79.9. The van der Waals surface area contributed by atoms with Crippen LogP contribution in [0.15, 0.2) is 29.0 Å². The molecule has 0 fully saturated rings. The van der Waals surface area contributed by atoms with Crippen molar-refractivity contribution in [2.24, 2.45) is 0 Å². The number of benzene rings is 1. The van der Waals surface area contributed by atoms with E-state index < -0.39 is 0 Å². The van der Waals surface area contributed by atoms with Gasteiger partial charge in [0.2, 0.25) is 0 Å². The van der Waals surface area contributed by atoms with Crippen LogP contribution in [-0.2, 0) is 4.74 Å². The van der Waals surface area contributed by atoms with Crippen molar-refractivity contribution in [3.05, 3.63) is 45.0 Å². The van der Waals surface area contributed by atoms with Gasteiger partial charge in [0.1, 0.15) is 21.9 Å². The Kier molecular flexibility index (Phi) is 4.82. The number of nitrogens with zero attached hydrogens (tertiary/aromatic N) is 2. The number of carbonyl (C=O) groups is 1. The van der Waals surface area contributed by atoms with Crippen LogP contribution >= 0.6 is 27.3 Å². The van der Waals surface area contributed by atoms with Gasteiger partial charge in [0.05, 0.1) is 12.0 Å². The molecule has 24 heavy (non-hydrogen) atoms. The van der Waals surface area contributed by atoms with E-state index in [2.05, 4.69) is 31.2 Å². The second-order valence-corrected chi connectivity index (χ2v) is 7.18. The van der Waals surface area contributed by atoms with Crippen LogP contribution < -0.4 is 5.32 Å². The lowest BCUT2D eigenvalue weighted by molar-refractivity contribution is 0.0531. The molecule has 0 radical (unpaired) electrons. The lowest BCUT2D eigenvalue weighted by atomic mass is 10.1. The van der Waals surface area contributed by atoms with Gasteiger partial charge in [-0.25, -0.2) is 14.8 Å². The Morgan fingerprint density at radius 2 is 2.12 bits per heavy atom. The largest absolute Gasteiger partial charge is 0.462 e. The maximum atomic E-state index is 12.1. The molecule has 124 valence electrons. The number of hydrogen-bond acceptors (Lipinski definition) is 6. The Balaban J connectivity index is 2.07. The number of aryl methyl sites for hydroxylation is 2. The van der Waals surface area contributed by atoms with Gasteiger partial charge in [-0.15, -0.1) is 11.3 Å². The number of anilines is 2. The first kappa shape index (κ1) is 16.9. The van der Waals surface area contributed by atoms with Crippen LogP contribution in [0.3, 0.4) is 0 Å². The van der Waals surface area contributed by atoms with Crippen LogP contribution in [0.25, 0.3) is 10.2 Å². The van der Waals surface area contributed by atoms with Crippen LogP contribution in [-0.4, -0.2) is 22.5 Å². The van der Waals surface area contributed by atoms with E-state index in [-0.39, 0.29) is 5.97 Å². The third kappa shape index (κ3) is 3.14.